The monoisotopic (exact) mass is 419 g/mol. The van der Waals surface area contributed by atoms with Gasteiger partial charge in [0.05, 0.1) is 23.4 Å². The summed E-state index contributed by atoms with van der Waals surface area (Å²) in [5.41, 5.74) is 6.38. The van der Waals surface area contributed by atoms with Crippen molar-refractivity contribution in [1.29, 1.82) is 0 Å². The number of hydrogen-bond donors (Lipinski definition) is 2. The van der Waals surface area contributed by atoms with Crippen LogP contribution in [0.3, 0.4) is 0 Å². The SMILES string of the molecule is CCOC(=O)c1c(/C=C/C(=O)Nc2cc(C(N)=O)c(F)cc2F)c(C)n(CC)c1C. The minimum atomic E-state index is -1.13. The average molecular weight is 419 g/mol. The van der Waals surface area contributed by atoms with Crippen molar-refractivity contribution in [2.45, 2.75) is 34.2 Å². The molecule has 1 aromatic heterocycles. The van der Waals surface area contributed by atoms with Gasteiger partial charge in [-0.1, -0.05) is 0 Å². The van der Waals surface area contributed by atoms with E-state index in [0.717, 1.165) is 17.8 Å². The number of primary amides is 1. The van der Waals surface area contributed by atoms with Gasteiger partial charge in [-0.15, -0.1) is 0 Å². The van der Waals surface area contributed by atoms with Gasteiger partial charge in [0.1, 0.15) is 11.6 Å². The summed E-state index contributed by atoms with van der Waals surface area (Å²) in [5, 5.41) is 2.23. The molecule has 0 atom stereocenters. The normalized spacial score (nSPS) is 11.0. The van der Waals surface area contributed by atoms with E-state index in [-0.39, 0.29) is 6.61 Å². The molecule has 3 N–H and O–H groups in total. The first-order valence-electron chi connectivity index (χ1n) is 9.26. The molecule has 2 aromatic rings. The number of nitrogens with one attached hydrogen (secondary N) is 1. The number of nitrogens with zero attached hydrogens (tertiary/aromatic N) is 1. The second-order valence-corrected chi connectivity index (χ2v) is 6.42. The minimum Gasteiger partial charge on any atom is -0.462 e. The molecule has 0 saturated heterocycles. The summed E-state index contributed by atoms with van der Waals surface area (Å²) in [6, 6.07) is 1.29. The number of carbonyl (C=O) groups excluding carboxylic acids is 3. The average Bonchev–Trinajstić information content (AvgIpc) is 2.91. The topological polar surface area (TPSA) is 103 Å². The van der Waals surface area contributed by atoms with Gasteiger partial charge in [0.2, 0.25) is 5.91 Å². The lowest BCUT2D eigenvalue weighted by Crippen LogP contribution is -2.16. The molecule has 7 nitrogen and oxygen atoms in total. The van der Waals surface area contributed by atoms with Crippen LogP contribution in [0.1, 0.15) is 51.5 Å². The molecule has 2 amide bonds. The quantitative estimate of drug-likeness (QED) is 0.531. The number of halogens is 2. The van der Waals surface area contributed by atoms with Crippen LogP contribution in [0, 0.1) is 25.5 Å². The molecule has 30 heavy (non-hydrogen) atoms. The van der Waals surface area contributed by atoms with Crippen molar-refractivity contribution < 1.29 is 27.9 Å². The zero-order chi connectivity index (χ0) is 22.6. The fraction of sp³-hybridized carbons (Fsp3) is 0.286. The number of carbonyl (C=O) groups is 3. The number of esters is 1. The molecule has 0 unspecified atom stereocenters. The maximum absolute atomic E-state index is 13.9. The Morgan fingerprint density at radius 3 is 2.37 bits per heavy atom. The van der Waals surface area contributed by atoms with Crippen LogP contribution < -0.4 is 11.1 Å². The van der Waals surface area contributed by atoms with E-state index in [1.807, 2.05) is 11.5 Å². The van der Waals surface area contributed by atoms with Crippen LogP contribution in [0.25, 0.3) is 6.08 Å². The van der Waals surface area contributed by atoms with Gasteiger partial charge in [0, 0.05) is 35.6 Å². The Morgan fingerprint density at radius 1 is 1.13 bits per heavy atom. The highest BCUT2D eigenvalue weighted by atomic mass is 19.1. The van der Waals surface area contributed by atoms with Crippen LogP contribution >= 0.6 is 0 Å². The lowest BCUT2D eigenvalue weighted by molar-refractivity contribution is -0.111. The molecular formula is C21H23F2N3O4. The molecule has 0 spiro atoms. The zero-order valence-electron chi connectivity index (χ0n) is 17.1. The number of nitrogens with two attached hydrogens (primary N) is 1. The number of ether oxygens (including phenoxy) is 1. The van der Waals surface area contributed by atoms with Crippen molar-refractivity contribution in [3.63, 3.8) is 0 Å². The number of benzene rings is 1. The molecular weight excluding hydrogens is 396 g/mol. The molecule has 0 aliphatic carbocycles. The Bertz CT molecular complexity index is 1040. The van der Waals surface area contributed by atoms with Crippen molar-refractivity contribution >= 4 is 29.5 Å². The van der Waals surface area contributed by atoms with Gasteiger partial charge in [-0.05, 0) is 39.8 Å². The van der Waals surface area contributed by atoms with E-state index >= 15 is 0 Å². The molecule has 0 aliphatic rings. The summed E-state index contributed by atoms with van der Waals surface area (Å²) >= 11 is 0. The fourth-order valence-corrected chi connectivity index (χ4v) is 3.21. The molecule has 0 radical (unpaired) electrons. The molecule has 160 valence electrons. The lowest BCUT2D eigenvalue weighted by Gasteiger charge is -2.07. The first-order chi connectivity index (χ1) is 14.1. The summed E-state index contributed by atoms with van der Waals surface area (Å²) in [5.74, 6) is -4.53. The van der Waals surface area contributed by atoms with E-state index in [2.05, 4.69) is 5.32 Å². The van der Waals surface area contributed by atoms with Crippen LogP contribution in [0.5, 0.6) is 0 Å². The van der Waals surface area contributed by atoms with Gasteiger partial charge >= 0.3 is 5.97 Å². The zero-order valence-corrected chi connectivity index (χ0v) is 17.1. The van der Waals surface area contributed by atoms with Gasteiger partial charge in [-0.3, -0.25) is 9.59 Å². The fourth-order valence-electron chi connectivity index (χ4n) is 3.21. The third-order valence-electron chi connectivity index (χ3n) is 4.61. The highest BCUT2D eigenvalue weighted by Crippen LogP contribution is 2.25. The maximum Gasteiger partial charge on any atom is 0.340 e. The van der Waals surface area contributed by atoms with Gasteiger partial charge < -0.3 is 20.4 Å². The summed E-state index contributed by atoms with van der Waals surface area (Å²) in [6.07, 6.45) is 2.53. The molecule has 2 rings (SSSR count). The molecule has 0 fully saturated rings. The van der Waals surface area contributed by atoms with Crippen molar-refractivity contribution in [2.24, 2.45) is 5.73 Å². The highest BCUT2D eigenvalue weighted by molar-refractivity contribution is 6.04. The van der Waals surface area contributed by atoms with Crippen LogP contribution in [0.4, 0.5) is 14.5 Å². The van der Waals surface area contributed by atoms with E-state index in [0.29, 0.717) is 29.4 Å². The predicted molar refractivity (Wildman–Crippen MR) is 108 cm³/mol. The minimum absolute atomic E-state index is 0.199. The third-order valence-corrected chi connectivity index (χ3v) is 4.61. The predicted octanol–water partition coefficient (Wildman–Crippen LogP) is 3.33. The number of hydrogen-bond acceptors (Lipinski definition) is 4. The van der Waals surface area contributed by atoms with Gasteiger partial charge in [0.15, 0.2) is 0 Å². The van der Waals surface area contributed by atoms with E-state index in [1.54, 1.807) is 20.8 Å². The van der Waals surface area contributed by atoms with E-state index in [1.165, 1.54) is 6.08 Å². The van der Waals surface area contributed by atoms with E-state index < -0.39 is 40.7 Å². The maximum atomic E-state index is 13.9. The second-order valence-electron chi connectivity index (χ2n) is 6.42. The first kappa shape index (κ1) is 22.8. The first-order valence-corrected chi connectivity index (χ1v) is 9.26. The largest absolute Gasteiger partial charge is 0.462 e. The van der Waals surface area contributed by atoms with Crippen molar-refractivity contribution in [1.82, 2.24) is 4.57 Å². The van der Waals surface area contributed by atoms with Gasteiger partial charge in [0.25, 0.3) is 5.91 Å². The van der Waals surface area contributed by atoms with Crippen molar-refractivity contribution in [3.05, 3.63) is 57.9 Å². The lowest BCUT2D eigenvalue weighted by atomic mass is 10.1. The molecule has 9 heteroatoms. The molecule has 0 aliphatic heterocycles. The van der Waals surface area contributed by atoms with Crippen LogP contribution in [0.2, 0.25) is 0 Å². The molecule has 1 heterocycles. The Morgan fingerprint density at radius 2 is 1.80 bits per heavy atom. The summed E-state index contributed by atoms with van der Waals surface area (Å²) in [6.45, 7) is 8.00. The number of rotatable bonds is 7. The Kier molecular flexibility index (Phi) is 7.10. The third kappa shape index (κ3) is 4.56. The number of aromatic nitrogens is 1. The summed E-state index contributed by atoms with van der Waals surface area (Å²) in [7, 11) is 0. The Labute approximate surface area is 172 Å². The van der Waals surface area contributed by atoms with Gasteiger partial charge in [-0.25, -0.2) is 13.6 Å². The van der Waals surface area contributed by atoms with Crippen LogP contribution in [-0.2, 0) is 16.1 Å². The Hall–Kier alpha value is -3.49. The molecule has 1 aromatic carbocycles. The number of anilines is 1. The number of amides is 2. The second kappa shape index (κ2) is 9.34. The van der Waals surface area contributed by atoms with Gasteiger partial charge in [-0.2, -0.15) is 0 Å². The Balaban J connectivity index is 2.37. The molecule has 0 saturated carbocycles. The van der Waals surface area contributed by atoms with E-state index in [4.69, 9.17) is 10.5 Å². The van der Waals surface area contributed by atoms with Crippen LogP contribution in [0.15, 0.2) is 18.2 Å². The smallest absolute Gasteiger partial charge is 0.340 e. The summed E-state index contributed by atoms with van der Waals surface area (Å²) < 4.78 is 34.5. The van der Waals surface area contributed by atoms with E-state index in [9.17, 15) is 23.2 Å². The van der Waals surface area contributed by atoms with Crippen molar-refractivity contribution in [2.75, 3.05) is 11.9 Å². The van der Waals surface area contributed by atoms with Crippen LogP contribution in [-0.4, -0.2) is 29.0 Å². The highest BCUT2D eigenvalue weighted by Gasteiger charge is 2.22. The van der Waals surface area contributed by atoms with Crippen molar-refractivity contribution in [3.8, 4) is 0 Å². The molecule has 0 bridgehead atoms. The standard InChI is InChI=1S/C21H23F2N3O4/c1-5-26-11(3)13(19(12(26)4)21(29)30-6-2)7-8-18(27)25-17-9-14(20(24)28)15(22)10-16(17)23/h7-10H,5-6H2,1-4H3,(H2,24,28)(H,25,27)/b8-7+. The summed E-state index contributed by atoms with van der Waals surface area (Å²) in [4.78, 5) is 35.9.